The molecule has 2 aromatic heterocycles. The van der Waals surface area contributed by atoms with Crippen molar-refractivity contribution in [3.63, 3.8) is 0 Å². The fourth-order valence-electron chi connectivity index (χ4n) is 2.09. The molecule has 1 unspecified atom stereocenters. The van der Waals surface area contributed by atoms with Crippen molar-refractivity contribution in [3.05, 3.63) is 45.0 Å². The Bertz CT molecular complexity index is 787. The fourth-order valence-corrected chi connectivity index (χ4v) is 3.89. The number of methoxy groups -OCH3 is 1. The van der Waals surface area contributed by atoms with E-state index in [0.717, 1.165) is 38.1 Å². The number of anilines is 1. The third-order valence-corrected chi connectivity index (χ3v) is 5.61. The lowest BCUT2D eigenvalue weighted by atomic mass is 10.2. The molecule has 8 heteroatoms. The second-order valence-corrected chi connectivity index (χ2v) is 7.76. The molecule has 1 N–H and O–H groups in total. The molecule has 0 aliphatic heterocycles. The van der Waals surface area contributed by atoms with Crippen LogP contribution >= 0.6 is 38.8 Å². The Morgan fingerprint density at radius 2 is 2.04 bits per heavy atom. The van der Waals surface area contributed by atoms with Crippen molar-refractivity contribution in [2.75, 3.05) is 19.0 Å². The van der Waals surface area contributed by atoms with Crippen LogP contribution in [0.25, 0.3) is 11.3 Å². The van der Waals surface area contributed by atoms with Crippen LogP contribution in [0.2, 0.25) is 0 Å². The van der Waals surface area contributed by atoms with Gasteiger partial charge in [0.05, 0.1) is 18.3 Å². The zero-order valence-electron chi connectivity index (χ0n) is 13.3. The Hall–Kier alpha value is -1.35. The van der Waals surface area contributed by atoms with E-state index in [2.05, 4.69) is 55.0 Å². The molecule has 5 nitrogen and oxygen atoms in total. The van der Waals surface area contributed by atoms with Crippen LogP contribution in [0.3, 0.4) is 0 Å². The van der Waals surface area contributed by atoms with Gasteiger partial charge in [-0.1, -0.05) is 28.1 Å². The van der Waals surface area contributed by atoms with Crippen LogP contribution < -0.4 is 5.32 Å². The quantitative estimate of drug-likeness (QED) is 0.590. The van der Waals surface area contributed by atoms with Crippen LogP contribution in [-0.2, 0) is 11.2 Å². The van der Waals surface area contributed by atoms with Crippen molar-refractivity contribution >= 4 is 43.9 Å². The normalized spacial score (nSPS) is 12.3. The zero-order chi connectivity index (χ0) is 16.9. The van der Waals surface area contributed by atoms with E-state index < -0.39 is 0 Å². The molecule has 0 saturated carbocycles. The zero-order valence-corrected chi connectivity index (χ0v) is 16.5. The van der Waals surface area contributed by atoms with Crippen LogP contribution in [0.5, 0.6) is 0 Å². The highest BCUT2D eigenvalue weighted by molar-refractivity contribution is 9.10. The maximum atomic E-state index is 5.05. The highest BCUT2D eigenvalue weighted by Crippen LogP contribution is 2.28. The first-order valence-corrected chi connectivity index (χ1v) is 9.89. The van der Waals surface area contributed by atoms with Crippen LogP contribution in [0.1, 0.15) is 23.8 Å². The molecule has 2 heterocycles. The molecular weight excluding hydrogens is 408 g/mol. The van der Waals surface area contributed by atoms with Crippen LogP contribution in [0.4, 0.5) is 5.13 Å². The van der Waals surface area contributed by atoms with Gasteiger partial charge in [0.2, 0.25) is 5.13 Å². The van der Waals surface area contributed by atoms with Gasteiger partial charge in [-0.15, -0.1) is 11.3 Å². The summed E-state index contributed by atoms with van der Waals surface area (Å²) in [6.45, 7) is 2.72. The molecule has 126 valence electrons. The SMILES string of the molecule is COCCc1nsc(NC(C)c2nc(-c3ccc(Br)cc3)cs2)n1. The molecule has 0 radical (unpaired) electrons. The maximum Gasteiger partial charge on any atom is 0.203 e. The summed E-state index contributed by atoms with van der Waals surface area (Å²) in [4.78, 5) is 9.22. The van der Waals surface area contributed by atoms with E-state index in [9.17, 15) is 0 Å². The van der Waals surface area contributed by atoms with Gasteiger partial charge in [0.1, 0.15) is 10.8 Å². The maximum absolute atomic E-state index is 5.05. The van der Waals surface area contributed by atoms with E-state index in [1.54, 1.807) is 18.4 Å². The number of thiazole rings is 1. The Labute approximate surface area is 157 Å². The monoisotopic (exact) mass is 424 g/mol. The van der Waals surface area contributed by atoms with Crippen molar-refractivity contribution in [2.45, 2.75) is 19.4 Å². The fraction of sp³-hybridized carbons (Fsp3) is 0.312. The molecule has 1 aromatic carbocycles. The molecule has 24 heavy (non-hydrogen) atoms. The number of nitrogens with zero attached hydrogens (tertiary/aromatic N) is 3. The largest absolute Gasteiger partial charge is 0.384 e. The van der Waals surface area contributed by atoms with Crippen LogP contribution in [-0.4, -0.2) is 28.1 Å². The molecule has 1 atom stereocenters. The van der Waals surface area contributed by atoms with Gasteiger partial charge in [-0.3, -0.25) is 0 Å². The number of rotatable bonds is 7. The first kappa shape index (κ1) is 17.5. The van der Waals surface area contributed by atoms with E-state index >= 15 is 0 Å². The summed E-state index contributed by atoms with van der Waals surface area (Å²) in [7, 11) is 1.68. The van der Waals surface area contributed by atoms with Gasteiger partial charge in [-0.05, 0) is 19.1 Å². The van der Waals surface area contributed by atoms with Crippen LogP contribution in [0.15, 0.2) is 34.1 Å². The second-order valence-electron chi connectivity index (χ2n) is 5.20. The molecule has 0 bridgehead atoms. The van der Waals surface area contributed by atoms with Gasteiger partial charge >= 0.3 is 0 Å². The Morgan fingerprint density at radius 3 is 2.79 bits per heavy atom. The summed E-state index contributed by atoms with van der Waals surface area (Å²) >= 11 is 6.47. The lowest BCUT2D eigenvalue weighted by molar-refractivity contribution is 0.201. The average molecular weight is 425 g/mol. The minimum atomic E-state index is 0.0856. The smallest absolute Gasteiger partial charge is 0.203 e. The van der Waals surface area contributed by atoms with Crippen LogP contribution in [0, 0.1) is 0 Å². The molecule has 0 fully saturated rings. The third kappa shape index (κ3) is 4.38. The van der Waals surface area contributed by atoms with Crippen molar-refractivity contribution in [1.29, 1.82) is 0 Å². The van der Waals surface area contributed by atoms with Gasteiger partial charge in [0, 0.05) is 40.5 Å². The summed E-state index contributed by atoms with van der Waals surface area (Å²) < 4.78 is 10.4. The molecule has 0 saturated heterocycles. The number of hydrogen-bond acceptors (Lipinski definition) is 7. The van der Waals surface area contributed by atoms with Gasteiger partial charge in [-0.2, -0.15) is 4.37 Å². The molecule has 0 aliphatic rings. The van der Waals surface area contributed by atoms with E-state index in [4.69, 9.17) is 9.72 Å². The molecular formula is C16H17BrN4OS2. The summed E-state index contributed by atoms with van der Waals surface area (Å²) in [5.41, 5.74) is 2.11. The highest BCUT2D eigenvalue weighted by Gasteiger charge is 2.14. The van der Waals surface area contributed by atoms with Crippen molar-refractivity contribution < 1.29 is 4.74 Å². The van der Waals surface area contributed by atoms with Gasteiger partial charge < -0.3 is 10.1 Å². The van der Waals surface area contributed by atoms with E-state index in [1.165, 1.54) is 11.5 Å². The number of ether oxygens (including phenoxy) is 1. The van der Waals surface area contributed by atoms with E-state index in [1.807, 2.05) is 12.1 Å². The topological polar surface area (TPSA) is 59.9 Å². The minimum absolute atomic E-state index is 0.0856. The number of halogens is 1. The molecule has 0 aliphatic carbocycles. The molecule has 3 aromatic rings. The predicted octanol–water partition coefficient (Wildman–Crippen LogP) is 4.79. The molecule has 0 spiro atoms. The summed E-state index contributed by atoms with van der Waals surface area (Å²) in [5.74, 6) is 0.811. The Morgan fingerprint density at radius 1 is 1.25 bits per heavy atom. The lowest BCUT2D eigenvalue weighted by Gasteiger charge is -2.08. The number of nitrogens with one attached hydrogen (secondary N) is 1. The van der Waals surface area contributed by atoms with Crippen molar-refractivity contribution in [1.82, 2.24) is 14.3 Å². The second kappa shape index (κ2) is 8.15. The molecule has 0 amide bonds. The predicted molar refractivity (Wildman–Crippen MR) is 103 cm³/mol. The standard InChI is InChI=1S/C16H17BrN4OS2/c1-10(18-16-20-14(21-24-16)7-8-22-2)15-19-13(9-23-15)11-3-5-12(17)6-4-11/h3-6,9-10H,7-8H2,1-2H3,(H,18,20,21). The Kier molecular flexibility index (Phi) is 5.94. The third-order valence-electron chi connectivity index (χ3n) is 3.37. The van der Waals surface area contributed by atoms with Gasteiger partial charge in [0.25, 0.3) is 0 Å². The van der Waals surface area contributed by atoms with Crippen molar-refractivity contribution in [3.8, 4) is 11.3 Å². The lowest BCUT2D eigenvalue weighted by Crippen LogP contribution is -2.06. The molecule has 3 rings (SSSR count). The van der Waals surface area contributed by atoms with Gasteiger partial charge in [-0.25, -0.2) is 9.97 Å². The first-order valence-electron chi connectivity index (χ1n) is 7.45. The summed E-state index contributed by atoms with van der Waals surface area (Å²) in [5, 5.41) is 7.30. The van der Waals surface area contributed by atoms with E-state index in [0.29, 0.717) is 6.61 Å². The number of aromatic nitrogens is 3. The summed E-state index contributed by atoms with van der Waals surface area (Å²) in [6, 6.07) is 8.27. The van der Waals surface area contributed by atoms with Crippen molar-refractivity contribution in [2.24, 2.45) is 0 Å². The summed E-state index contributed by atoms with van der Waals surface area (Å²) in [6.07, 6.45) is 0.730. The Balaban J connectivity index is 1.66. The first-order chi connectivity index (χ1) is 11.7. The number of benzene rings is 1. The van der Waals surface area contributed by atoms with Gasteiger partial charge in [0.15, 0.2) is 0 Å². The van der Waals surface area contributed by atoms with E-state index in [-0.39, 0.29) is 6.04 Å². The number of hydrogen-bond donors (Lipinski definition) is 1. The highest BCUT2D eigenvalue weighted by atomic mass is 79.9. The minimum Gasteiger partial charge on any atom is -0.384 e. The average Bonchev–Trinajstić information content (AvgIpc) is 3.23.